The number of hydrogen-bond acceptors (Lipinski definition) is 3. The first-order chi connectivity index (χ1) is 8.21. The molecule has 0 aliphatic heterocycles. The fourth-order valence-electron chi connectivity index (χ4n) is 1.99. The van der Waals surface area contributed by atoms with Crippen molar-refractivity contribution in [3.63, 3.8) is 0 Å². The van der Waals surface area contributed by atoms with E-state index in [2.05, 4.69) is 4.74 Å². The lowest BCUT2D eigenvalue weighted by Gasteiger charge is -2.33. The minimum atomic E-state index is -4.61. The van der Waals surface area contributed by atoms with Crippen molar-refractivity contribution in [1.82, 2.24) is 0 Å². The highest BCUT2D eigenvalue weighted by Crippen LogP contribution is 2.51. The number of rotatable bonds is 4. The molecule has 0 spiro atoms. The Morgan fingerprint density at radius 2 is 1.78 bits per heavy atom. The summed E-state index contributed by atoms with van der Waals surface area (Å²) in [5, 5.41) is 0. The standard InChI is InChI=1S/C12H17O5P/c1-12(2,9-7-5-4-6-8-9)10(11(13)17-3)18(14,15)16/h4-8,10H,1-3H3,(H2,14,15,16). The largest absolute Gasteiger partial charge is 0.468 e. The highest BCUT2D eigenvalue weighted by Gasteiger charge is 2.48. The van der Waals surface area contributed by atoms with Crippen LogP contribution in [0, 0.1) is 0 Å². The molecule has 0 radical (unpaired) electrons. The third-order valence-corrected chi connectivity index (χ3v) is 4.49. The maximum Gasteiger partial charge on any atom is 0.340 e. The topological polar surface area (TPSA) is 83.8 Å². The molecule has 0 saturated heterocycles. The van der Waals surface area contributed by atoms with Crippen molar-refractivity contribution in [1.29, 1.82) is 0 Å². The summed E-state index contributed by atoms with van der Waals surface area (Å²) in [5.74, 6) is -0.905. The van der Waals surface area contributed by atoms with E-state index < -0.39 is 24.6 Å². The molecular weight excluding hydrogens is 255 g/mol. The molecule has 6 heteroatoms. The maximum absolute atomic E-state index is 11.7. The zero-order valence-corrected chi connectivity index (χ0v) is 11.4. The van der Waals surface area contributed by atoms with E-state index in [1.807, 2.05) is 0 Å². The quantitative estimate of drug-likeness (QED) is 0.643. The van der Waals surface area contributed by atoms with Crippen LogP contribution < -0.4 is 0 Å². The average Bonchev–Trinajstić information content (AvgIpc) is 2.28. The van der Waals surface area contributed by atoms with E-state index in [4.69, 9.17) is 0 Å². The van der Waals surface area contributed by atoms with Gasteiger partial charge in [0.2, 0.25) is 0 Å². The summed E-state index contributed by atoms with van der Waals surface area (Å²) >= 11 is 0. The number of carbonyl (C=O) groups excluding carboxylic acids is 1. The van der Waals surface area contributed by atoms with E-state index in [-0.39, 0.29) is 0 Å². The number of methoxy groups -OCH3 is 1. The van der Waals surface area contributed by atoms with Gasteiger partial charge in [0.15, 0.2) is 5.66 Å². The molecule has 1 unspecified atom stereocenters. The Kier molecular flexibility index (Phi) is 4.32. The monoisotopic (exact) mass is 272 g/mol. The third kappa shape index (κ3) is 2.99. The summed E-state index contributed by atoms with van der Waals surface area (Å²) in [6, 6.07) is 8.76. The highest BCUT2D eigenvalue weighted by molar-refractivity contribution is 7.53. The Morgan fingerprint density at radius 1 is 1.28 bits per heavy atom. The van der Waals surface area contributed by atoms with Gasteiger partial charge >= 0.3 is 13.6 Å². The summed E-state index contributed by atoms with van der Waals surface area (Å²) in [4.78, 5) is 30.4. The predicted octanol–water partition coefficient (Wildman–Crippen LogP) is 1.68. The van der Waals surface area contributed by atoms with Crippen LogP contribution in [0.2, 0.25) is 0 Å². The average molecular weight is 272 g/mol. The Bertz CT molecular complexity index is 463. The molecule has 1 aromatic rings. The molecule has 0 bridgehead atoms. The van der Waals surface area contributed by atoms with Gasteiger partial charge in [-0.15, -0.1) is 0 Å². The maximum atomic E-state index is 11.7. The van der Waals surface area contributed by atoms with Gasteiger partial charge in [0.1, 0.15) is 0 Å². The molecule has 0 aromatic heterocycles. The van der Waals surface area contributed by atoms with Crippen molar-refractivity contribution in [2.45, 2.75) is 24.9 Å². The summed E-state index contributed by atoms with van der Waals surface area (Å²) in [6.07, 6.45) is 0. The van der Waals surface area contributed by atoms with E-state index >= 15 is 0 Å². The van der Waals surface area contributed by atoms with Crippen LogP contribution in [0.4, 0.5) is 0 Å². The fraction of sp³-hybridized carbons (Fsp3) is 0.417. The fourth-order valence-corrected chi connectivity index (χ4v) is 3.36. The van der Waals surface area contributed by atoms with Crippen LogP contribution in [0.25, 0.3) is 0 Å². The molecular formula is C12H17O5P. The van der Waals surface area contributed by atoms with Gasteiger partial charge in [0.25, 0.3) is 0 Å². The summed E-state index contributed by atoms with van der Waals surface area (Å²) in [5.41, 5.74) is -1.87. The van der Waals surface area contributed by atoms with Crippen LogP contribution >= 0.6 is 7.60 Å². The molecule has 0 amide bonds. The van der Waals surface area contributed by atoms with E-state index in [1.54, 1.807) is 44.2 Å². The lowest BCUT2D eigenvalue weighted by atomic mass is 9.81. The Hall–Kier alpha value is -1.16. The van der Waals surface area contributed by atoms with E-state index in [0.717, 1.165) is 7.11 Å². The first-order valence-electron chi connectivity index (χ1n) is 5.40. The van der Waals surface area contributed by atoms with Crippen molar-refractivity contribution in [3.05, 3.63) is 35.9 Å². The summed E-state index contributed by atoms with van der Waals surface area (Å²) < 4.78 is 16.1. The molecule has 2 N–H and O–H groups in total. The second-order valence-corrected chi connectivity index (χ2v) is 6.30. The smallest absolute Gasteiger partial charge is 0.340 e. The molecule has 1 aromatic carbocycles. The van der Waals surface area contributed by atoms with Crippen LogP contribution in [0.15, 0.2) is 30.3 Å². The van der Waals surface area contributed by atoms with Gasteiger partial charge < -0.3 is 14.5 Å². The van der Waals surface area contributed by atoms with Crippen LogP contribution in [0.1, 0.15) is 19.4 Å². The van der Waals surface area contributed by atoms with Gasteiger partial charge in [-0.25, -0.2) is 0 Å². The van der Waals surface area contributed by atoms with E-state index in [0.29, 0.717) is 5.56 Å². The van der Waals surface area contributed by atoms with Crippen molar-refractivity contribution < 1.29 is 23.9 Å². The number of carbonyl (C=O) groups is 1. The van der Waals surface area contributed by atoms with E-state index in [1.165, 1.54) is 0 Å². The molecule has 0 heterocycles. The molecule has 18 heavy (non-hydrogen) atoms. The lowest BCUT2D eigenvalue weighted by molar-refractivity contribution is -0.141. The summed E-state index contributed by atoms with van der Waals surface area (Å²) in [7, 11) is -3.49. The molecule has 0 aliphatic rings. The number of hydrogen-bond donors (Lipinski definition) is 2. The van der Waals surface area contributed by atoms with Crippen LogP contribution in [0.3, 0.4) is 0 Å². The highest BCUT2D eigenvalue weighted by atomic mass is 31.2. The van der Waals surface area contributed by atoms with Crippen LogP contribution in [0.5, 0.6) is 0 Å². The zero-order valence-electron chi connectivity index (χ0n) is 10.5. The van der Waals surface area contributed by atoms with Gasteiger partial charge in [0.05, 0.1) is 7.11 Å². The van der Waals surface area contributed by atoms with Crippen molar-refractivity contribution >= 4 is 13.6 Å². The normalized spacial score (nSPS) is 14.1. The van der Waals surface area contributed by atoms with Gasteiger partial charge in [-0.3, -0.25) is 9.36 Å². The van der Waals surface area contributed by atoms with Gasteiger partial charge in [-0.2, -0.15) is 0 Å². The Labute approximate surface area is 106 Å². The molecule has 1 rings (SSSR count). The van der Waals surface area contributed by atoms with Crippen molar-refractivity contribution in [3.8, 4) is 0 Å². The molecule has 5 nitrogen and oxygen atoms in total. The second-order valence-electron chi connectivity index (χ2n) is 4.60. The summed E-state index contributed by atoms with van der Waals surface area (Å²) in [6.45, 7) is 3.23. The molecule has 1 atom stereocenters. The van der Waals surface area contributed by atoms with Crippen molar-refractivity contribution in [2.24, 2.45) is 0 Å². The Morgan fingerprint density at radius 3 is 2.17 bits per heavy atom. The number of benzene rings is 1. The van der Waals surface area contributed by atoms with Crippen LogP contribution in [-0.4, -0.2) is 28.5 Å². The third-order valence-electron chi connectivity index (χ3n) is 2.96. The predicted molar refractivity (Wildman–Crippen MR) is 67.3 cm³/mol. The molecule has 100 valence electrons. The molecule has 0 aliphatic carbocycles. The molecule has 0 fully saturated rings. The van der Waals surface area contributed by atoms with Crippen molar-refractivity contribution in [2.75, 3.05) is 7.11 Å². The minimum absolute atomic E-state index is 0.670. The lowest BCUT2D eigenvalue weighted by Crippen LogP contribution is -2.40. The van der Waals surface area contributed by atoms with E-state index in [9.17, 15) is 19.1 Å². The number of ether oxygens (including phenoxy) is 1. The first-order valence-corrected chi connectivity index (χ1v) is 7.08. The number of esters is 1. The SMILES string of the molecule is COC(=O)C(C(C)(C)c1ccccc1)P(=O)(O)O. The molecule has 0 saturated carbocycles. The first kappa shape index (κ1) is 14.9. The van der Waals surface area contributed by atoms with Gasteiger partial charge in [-0.05, 0) is 5.56 Å². The zero-order chi connectivity index (χ0) is 14.0. The van der Waals surface area contributed by atoms with Gasteiger partial charge in [0, 0.05) is 5.41 Å². The van der Waals surface area contributed by atoms with Crippen LogP contribution in [-0.2, 0) is 19.5 Å². The Balaban J connectivity index is 3.29. The minimum Gasteiger partial charge on any atom is -0.468 e. The van der Waals surface area contributed by atoms with Gasteiger partial charge in [-0.1, -0.05) is 44.2 Å². The second kappa shape index (κ2) is 5.22.